The van der Waals surface area contributed by atoms with Crippen LogP contribution < -0.4 is 0 Å². The van der Waals surface area contributed by atoms with E-state index < -0.39 is 5.97 Å². The van der Waals surface area contributed by atoms with Crippen LogP contribution in [0.3, 0.4) is 0 Å². The van der Waals surface area contributed by atoms with E-state index in [0.29, 0.717) is 40.4 Å². The molecule has 0 amide bonds. The van der Waals surface area contributed by atoms with Crippen LogP contribution in [-0.4, -0.2) is 22.3 Å². The maximum absolute atomic E-state index is 11.5. The Bertz CT molecular complexity index is 933. The van der Waals surface area contributed by atoms with Crippen molar-refractivity contribution in [2.45, 2.75) is 112 Å². The molecule has 3 nitrogen and oxygen atoms in total. The minimum absolute atomic E-state index is 0.00801. The molecule has 0 aromatic rings. The van der Waals surface area contributed by atoms with Crippen LogP contribution in [0.25, 0.3) is 0 Å². The maximum Gasteiger partial charge on any atom is 0.327 e. The largest absolute Gasteiger partial charge is 0.478 e. The zero-order valence-electron chi connectivity index (χ0n) is 23.2. The number of carboxylic acids is 1. The molecule has 35 heavy (non-hydrogen) atoms. The average Bonchev–Trinajstić information content (AvgIpc) is 3.16. The summed E-state index contributed by atoms with van der Waals surface area (Å²) in [6.07, 6.45) is 15.1. The lowest BCUT2D eigenvalue weighted by atomic mass is 9.32. The van der Waals surface area contributed by atoms with Gasteiger partial charge in [-0.15, -0.1) is 0 Å². The molecule has 196 valence electrons. The predicted molar refractivity (Wildman–Crippen MR) is 142 cm³/mol. The van der Waals surface area contributed by atoms with Crippen LogP contribution in [0.5, 0.6) is 0 Å². The number of carboxylic acid groups (broad SMARTS) is 1. The Balaban J connectivity index is 1.55. The highest BCUT2D eigenvalue weighted by molar-refractivity contribution is 5.79. The number of rotatable bonds is 3. The number of fused-ring (bicyclic) bond motifs is 7. The van der Waals surface area contributed by atoms with Crippen LogP contribution in [0.2, 0.25) is 0 Å². The number of hydrogen-bond acceptors (Lipinski definition) is 2. The highest BCUT2D eigenvalue weighted by atomic mass is 16.4. The second-order valence-electron chi connectivity index (χ2n) is 15.0. The van der Waals surface area contributed by atoms with E-state index in [0.717, 1.165) is 32.1 Å². The van der Waals surface area contributed by atoms with Gasteiger partial charge in [-0.25, -0.2) is 4.79 Å². The smallest absolute Gasteiger partial charge is 0.327 e. The summed E-state index contributed by atoms with van der Waals surface area (Å²) in [5, 5.41) is 20.4. The van der Waals surface area contributed by atoms with Gasteiger partial charge in [0.15, 0.2) is 0 Å². The molecule has 5 aliphatic carbocycles. The number of aliphatic carboxylic acids is 1. The molecule has 5 saturated carbocycles. The van der Waals surface area contributed by atoms with Gasteiger partial charge >= 0.3 is 5.97 Å². The minimum Gasteiger partial charge on any atom is -0.478 e. The van der Waals surface area contributed by atoms with Crippen molar-refractivity contribution in [2.75, 3.05) is 0 Å². The highest BCUT2D eigenvalue weighted by Gasteiger charge is 2.70. The number of hydrogen-bond donors (Lipinski definition) is 2. The maximum atomic E-state index is 11.5. The standard InChI is InChI=1S/C32H50O3/c1-20(2)21-10-16-32(17-13-26(34)35)19-18-30(6)22(27(21)32)8-9-24-29(5)14-12-25(33)28(3,4)23(29)11-15-31(24,30)7/h13,17,21-25,27,33H,1,8-12,14-16,18-19H2,2-7H3,(H,34,35)/b17-13+/t21-,22?,23?,24?,25-,27?,29-,30+,31+,32?/m0/s1. The molecule has 0 aromatic carbocycles. The van der Waals surface area contributed by atoms with E-state index >= 15 is 0 Å². The third kappa shape index (κ3) is 3.28. The Morgan fingerprint density at radius 2 is 1.57 bits per heavy atom. The highest BCUT2D eigenvalue weighted by Crippen LogP contribution is 2.77. The first-order chi connectivity index (χ1) is 16.2. The summed E-state index contributed by atoms with van der Waals surface area (Å²) >= 11 is 0. The molecule has 5 aliphatic rings. The van der Waals surface area contributed by atoms with Gasteiger partial charge in [-0.05, 0) is 128 Å². The number of carbonyl (C=O) groups is 1. The Morgan fingerprint density at radius 1 is 0.857 bits per heavy atom. The van der Waals surface area contributed by atoms with Gasteiger partial charge in [0.2, 0.25) is 0 Å². The molecule has 0 spiro atoms. The Labute approximate surface area is 213 Å². The SMILES string of the molecule is C=C(C)[C@@H]1CCC2(/C=C/C(=O)O)CC[C@]3(C)C(CCC4[C@@]5(C)CC[C@H](O)C(C)(C)C5CC[C@]43C)C12. The first-order valence-electron chi connectivity index (χ1n) is 14.5. The molecule has 5 fully saturated rings. The van der Waals surface area contributed by atoms with E-state index in [2.05, 4.69) is 54.2 Å². The third-order valence-electron chi connectivity index (χ3n) is 13.7. The van der Waals surface area contributed by atoms with E-state index in [1.807, 2.05) is 0 Å². The summed E-state index contributed by atoms with van der Waals surface area (Å²) in [7, 11) is 0. The van der Waals surface area contributed by atoms with Crippen molar-refractivity contribution in [1.82, 2.24) is 0 Å². The molecule has 5 rings (SSSR count). The summed E-state index contributed by atoms with van der Waals surface area (Å²) in [5.41, 5.74) is 2.18. The number of aliphatic hydroxyl groups is 1. The molecule has 5 unspecified atom stereocenters. The Morgan fingerprint density at radius 3 is 2.23 bits per heavy atom. The molecule has 0 saturated heterocycles. The summed E-state index contributed by atoms with van der Waals surface area (Å²) in [6, 6.07) is 0. The van der Waals surface area contributed by atoms with Gasteiger partial charge in [0, 0.05) is 6.08 Å². The molecule has 3 heteroatoms. The van der Waals surface area contributed by atoms with Crippen LogP contribution in [0, 0.1) is 56.7 Å². The summed E-state index contributed by atoms with van der Waals surface area (Å²) in [4.78, 5) is 11.5. The van der Waals surface area contributed by atoms with Crippen molar-refractivity contribution in [2.24, 2.45) is 56.7 Å². The number of aliphatic hydroxyl groups excluding tert-OH is 1. The topological polar surface area (TPSA) is 57.5 Å². The lowest BCUT2D eigenvalue weighted by Gasteiger charge is -2.73. The summed E-state index contributed by atoms with van der Waals surface area (Å²) < 4.78 is 0. The van der Waals surface area contributed by atoms with Crippen LogP contribution in [-0.2, 0) is 4.79 Å². The van der Waals surface area contributed by atoms with E-state index in [-0.39, 0.29) is 22.3 Å². The van der Waals surface area contributed by atoms with Gasteiger partial charge < -0.3 is 10.2 Å². The Kier molecular flexibility index (Phi) is 5.81. The van der Waals surface area contributed by atoms with Gasteiger partial charge in [0.25, 0.3) is 0 Å². The fraction of sp³-hybridized carbons (Fsp3) is 0.844. The molecule has 0 heterocycles. The second kappa shape index (κ2) is 7.95. The van der Waals surface area contributed by atoms with Gasteiger partial charge in [-0.2, -0.15) is 0 Å². The van der Waals surface area contributed by atoms with Gasteiger partial charge in [0.05, 0.1) is 6.10 Å². The molecule has 0 bridgehead atoms. The monoisotopic (exact) mass is 482 g/mol. The minimum atomic E-state index is -0.811. The van der Waals surface area contributed by atoms with Crippen molar-refractivity contribution >= 4 is 5.97 Å². The van der Waals surface area contributed by atoms with Crippen molar-refractivity contribution in [1.29, 1.82) is 0 Å². The van der Waals surface area contributed by atoms with E-state index in [1.54, 1.807) is 0 Å². The predicted octanol–water partition coefficient (Wildman–Crippen LogP) is 7.65. The van der Waals surface area contributed by atoms with E-state index in [4.69, 9.17) is 0 Å². The molecule has 0 aliphatic heterocycles. The molecular weight excluding hydrogens is 432 g/mol. The quantitative estimate of drug-likeness (QED) is 0.321. The normalized spacial score (nSPS) is 52.8. The molecular formula is C32H50O3. The van der Waals surface area contributed by atoms with Crippen LogP contribution in [0.15, 0.2) is 24.3 Å². The summed E-state index contributed by atoms with van der Waals surface area (Å²) in [5.74, 6) is 2.13. The lowest BCUT2D eigenvalue weighted by molar-refractivity contribution is -0.244. The molecule has 0 aromatic heterocycles. The van der Waals surface area contributed by atoms with Gasteiger partial charge in [-0.1, -0.05) is 52.8 Å². The van der Waals surface area contributed by atoms with E-state index in [9.17, 15) is 15.0 Å². The Hall–Kier alpha value is -1.09. The van der Waals surface area contributed by atoms with Crippen LogP contribution in [0.1, 0.15) is 106 Å². The van der Waals surface area contributed by atoms with Crippen molar-refractivity contribution < 1.29 is 15.0 Å². The van der Waals surface area contributed by atoms with Crippen molar-refractivity contribution in [3.63, 3.8) is 0 Å². The third-order valence-corrected chi connectivity index (χ3v) is 13.7. The molecule has 10 atom stereocenters. The van der Waals surface area contributed by atoms with E-state index in [1.165, 1.54) is 43.8 Å². The average molecular weight is 483 g/mol. The van der Waals surface area contributed by atoms with Crippen molar-refractivity contribution in [3.8, 4) is 0 Å². The molecule has 0 radical (unpaired) electrons. The summed E-state index contributed by atoms with van der Waals surface area (Å²) in [6.45, 7) is 19.2. The first kappa shape index (κ1) is 25.6. The lowest BCUT2D eigenvalue weighted by Crippen LogP contribution is -2.66. The second-order valence-corrected chi connectivity index (χ2v) is 15.0. The first-order valence-corrected chi connectivity index (χ1v) is 14.5. The molecule has 2 N–H and O–H groups in total. The van der Waals surface area contributed by atoms with Crippen molar-refractivity contribution in [3.05, 3.63) is 24.3 Å². The van der Waals surface area contributed by atoms with Gasteiger partial charge in [0.1, 0.15) is 0 Å². The fourth-order valence-electron chi connectivity index (χ4n) is 11.7. The van der Waals surface area contributed by atoms with Crippen LogP contribution in [0.4, 0.5) is 0 Å². The van der Waals surface area contributed by atoms with Crippen LogP contribution >= 0.6 is 0 Å². The zero-order valence-corrected chi connectivity index (χ0v) is 23.2. The number of allylic oxidation sites excluding steroid dienone is 2. The zero-order chi connectivity index (χ0) is 25.6. The fourth-order valence-corrected chi connectivity index (χ4v) is 11.7. The van der Waals surface area contributed by atoms with Gasteiger partial charge in [-0.3, -0.25) is 0 Å².